The van der Waals surface area contributed by atoms with Crippen LogP contribution in [0.25, 0.3) is 0 Å². The summed E-state index contributed by atoms with van der Waals surface area (Å²) in [6.07, 6.45) is 3.12. The highest BCUT2D eigenvalue weighted by Gasteiger charge is 2.35. The first kappa shape index (κ1) is 25.2. The van der Waals surface area contributed by atoms with Crippen molar-refractivity contribution in [2.24, 2.45) is 0 Å². The number of sulfonamides is 1. The largest absolute Gasteiger partial charge is 0.490 e. The molecule has 1 fully saturated rings. The average molecular weight is 516 g/mol. The molecule has 0 bridgehead atoms. The van der Waals surface area contributed by atoms with Gasteiger partial charge in [0, 0.05) is 17.9 Å². The summed E-state index contributed by atoms with van der Waals surface area (Å²) in [5.74, 6) is 1.74. The van der Waals surface area contributed by atoms with Crippen molar-refractivity contribution in [3.63, 3.8) is 0 Å². The fourth-order valence-electron chi connectivity index (χ4n) is 3.61. The molecule has 0 radical (unpaired) electrons. The highest BCUT2D eigenvalue weighted by molar-refractivity contribution is 7.90. The highest BCUT2D eigenvalue weighted by Crippen LogP contribution is 2.31. The van der Waals surface area contributed by atoms with E-state index in [0.29, 0.717) is 16.8 Å². The van der Waals surface area contributed by atoms with Crippen molar-refractivity contribution < 1.29 is 13.2 Å². The number of hydrogen-bond donors (Lipinski definition) is 3. The molecule has 0 amide bonds. The lowest BCUT2D eigenvalue weighted by Gasteiger charge is -2.17. The second-order valence-corrected chi connectivity index (χ2v) is 11.5. The Morgan fingerprint density at radius 2 is 1.71 bits per heavy atom. The summed E-state index contributed by atoms with van der Waals surface area (Å²) < 4.78 is 32.6. The van der Waals surface area contributed by atoms with Crippen molar-refractivity contribution in [3.05, 3.63) is 64.3 Å². The third kappa shape index (κ3) is 6.62. The van der Waals surface area contributed by atoms with Crippen LogP contribution in [-0.4, -0.2) is 29.7 Å². The van der Waals surface area contributed by atoms with Crippen LogP contribution in [0.4, 0.5) is 23.1 Å². The molecule has 10 heteroatoms. The molecule has 186 valence electrons. The summed E-state index contributed by atoms with van der Waals surface area (Å²) in [5.41, 5.74) is 4.53. The van der Waals surface area contributed by atoms with Crippen LogP contribution in [0.1, 0.15) is 43.4 Å². The Labute approximate surface area is 211 Å². The summed E-state index contributed by atoms with van der Waals surface area (Å²) in [5, 5.41) is 6.58. The van der Waals surface area contributed by atoms with Crippen LogP contribution in [0.15, 0.2) is 42.6 Å². The summed E-state index contributed by atoms with van der Waals surface area (Å²) in [4.78, 5) is 8.82. The maximum Gasteiger partial charge on any atom is 0.229 e. The molecule has 1 aliphatic rings. The Kier molecular flexibility index (Phi) is 7.49. The van der Waals surface area contributed by atoms with Gasteiger partial charge in [-0.2, -0.15) is 4.98 Å². The van der Waals surface area contributed by atoms with E-state index >= 15 is 0 Å². The maximum absolute atomic E-state index is 12.0. The molecule has 0 atom stereocenters. The Hall–Kier alpha value is -2.88. The van der Waals surface area contributed by atoms with Gasteiger partial charge in [0.1, 0.15) is 10.8 Å². The second kappa shape index (κ2) is 10.4. The lowest BCUT2D eigenvalue weighted by Crippen LogP contribution is -2.26. The van der Waals surface area contributed by atoms with Gasteiger partial charge in [0.05, 0.1) is 17.6 Å². The van der Waals surface area contributed by atoms with Crippen molar-refractivity contribution in [1.82, 2.24) is 14.7 Å². The fourth-order valence-corrected chi connectivity index (χ4v) is 5.11. The minimum atomic E-state index is -3.21. The van der Waals surface area contributed by atoms with E-state index in [4.69, 9.17) is 16.3 Å². The van der Waals surface area contributed by atoms with Crippen LogP contribution >= 0.6 is 11.6 Å². The van der Waals surface area contributed by atoms with Gasteiger partial charge in [-0.05, 0) is 81.5 Å². The third-order valence-electron chi connectivity index (χ3n) is 5.47. The molecule has 0 saturated heterocycles. The molecule has 1 heterocycles. The maximum atomic E-state index is 12.0. The molecule has 0 unspecified atom stereocenters. The van der Waals surface area contributed by atoms with E-state index < -0.39 is 10.0 Å². The van der Waals surface area contributed by atoms with E-state index in [0.717, 1.165) is 46.7 Å². The normalized spacial score (nSPS) is 13.7. The molecule has 0 aliphatic heterocycles. The first-order chi connectivity index (χ1) is 16.6. The number of aryl methyl sites for hydroxylation is 2. The predicted molar refractivity (Wildman–Crippen MR) is 141 cm³/mol. The van der Waals surface area contributed by atoms with E-state index in [9.17, 15) is 8.42 Å². The first-order valence-corrected chi connectivity index (χ1v) is 13.4. The van der Waals surface area contributed by atoms with Crippen molar-refractivity contribution in [2.75, 3.05) is 10.6 Å². The average Bonchev–Trinajstić information content (AvgIpc) is 3.64. The number of nitrogens with zero attached hydrogens (tertiary/aromatic N) is 2. The second-order valence-electron chi connectivity index (χ2n) is 9.01. The number of anilines is 4. The lowest BCUT2D eigenvalue weighted by molar-refractivity contribution is 0.239. The number of aromatic nitrogens is 2. The predicted octanol–water partition coefficient (Wildman–Crippen LogP) is 5.60. The topological polar surface area (TPSA) is 105 Å². The van der Waals surface area contributed by atoms with Crippen LogP contribution in [0.3, 0.4) is 0 Å². The van der Waals surface area contributed by atoms with Crippen LogP contribution in [0, 0.1) is 13.8 Å². The van der Waals surface area contributed by atoms with Gasteiger partial charge >= 0.3 is 0 Å². The molecular weight excluding hydrogens is 486 g/mol. The smallest absolute Gasteiger partial charge is 0.229 e. The fraction of sp³-hybridized carbons (Fsp3) is 0.360. The third-order valence-corrected chi connectivity index (χ3v) is 7.64. The Bertz CT molecular complexity index is 1290. The molecular formula is C25H30ClN5O3S. The first-order valence-electron chi connectivity index (χ1n) is 11.5. The van der Waals surface area contributed by atoms with Gasteiger partial charge in [-0.25, -0.2) is 18.1 Å². The van der Waals surface area contributed by atoms with Gasteiger partial charge in [0.2, 0.25) is 16.0 Å². The van der Waals surface area contributed by atoms with Gasteiger partial charge < -0.3 is 15.4 Å². The molecule has 2 aromatic carbocycles. The van der Waals surface area contributed by atoms with E-state index in [1.54, 1.807) is 0 Å². The number of nitrogens with one attached hydrogen (secondary N) is 3. The quantitative estimate of drug-likeness (QED) is 0.322. The number of ether oxygens (including phenoxy) is 1. The Morgan fingerprint density at radius 1 is 1.06 bits per heavy atom. The van der Waals surface area contributed by atoms with E-state index in [-0.39, 0.29) is 17.9 Å². The minimum Gasteiger partial charge on any atom is -0.490 e. The van der Waals surface area contributed by atoms with Gasteiger partial charge in [-0.15, -0.1) is 0 Å². The molecule has 8 nitrogen and oxygen atoms in total. The molecule has 1 saturated carbocycles. The zero-order valence-electron chi connectivity index (χ0n) is 20.2. The van der Waals surface area contributed by atoms with E-state index in [1.807, 2.05) is 64.1 Å². The zero-order valence-corrected chi connectivity index (χ0v) is 21.8. The van der Waals surface area contributed by atoms with Gasteiger partial charge in [-0.1, -0.05) is 23.7 Å². The van der Waals surface area contributed by atoms with Crippen molar-refractivity contribution in [1.29, 1.82) is 0 Å². The number of rotatable bonds is 10. The van der Waals surface area contributed by atoms with Gasteiger partial charge in [0.15, 0.2) is 5.82 Å². The molecule has 0 spiro atoms. The van der Waals surface area contributed by atoms with Crippen molar-refractivity contribution in [3.8, 4) is 5.75 Å². The Morgan fingerprint density at radius 3 is 2.31 bits per heavy atom. The number of halogens is 1. The zero-order chi connectivity index (χ0) is 25.2. The molecule has 3 N–H and O–H groups in total. The molecule has 1 aromatic heterocycles. The number of benzene rings is 2. The summed E-state index contributed by atoms with van der Waals surface area (Å²) in [6, 6.07) is 11.4. The van der Waals surface area contributed by atoms with Gasteiger partial charge in [-0.3, -0.25) is 0 Å². The minimum absolute atomic E-state index is 0.0977. The van der Waals surface area contributed by atoms with Crippen molar-refractivity contribution >= 4 is 44.8 Å². The lowest BCUT2D eigenvalue weighted by atomic mass is 10.1. The van der Waals surface area contributed by atoms with Gasteiger partial charge in [0.25, 0.3) is 0 Å². The molecule has 35 heavy (non-hydrogen) atoms. The highest BCUT2D eigenvalue weighted by atomic mass is 35.5. The van der Waals surface area contributed by atoms with E-state index in [2.05, 4.69) is 25.3 Å². The van der Waals surface area contributed by atoms with Crippen LogP contribution in [-0.2, 0) is 16.6 Å². The molecule has 4 rings (SSSR count). The van der Waals surface area contributed by atoms with Crippen LogP contribution in [0.5, 0.6) is 5.75 Å². The summed E-state index contributed by atoms with van der Waals surface area (Å²) in [7, 11) is -3.21. The summed E-state index contributed by atoms with van der Waals surface area (Å²) >= 11 is 6.33. The molecule has 3 aromatic rings. The van der Waals surface area contributed by atoms with E-state index in [1.165, 1.54) is 6.20 Å². The van der Waals surface area contributed by atoms with Crippen LogP contribution < -0.4 is 20.1 Å². The summed E-state index contributed by atoms with van der Waals surface area (Å²) in [6.45, 7) is 8.29. The standard InChI is InChI=1S/C25H30ClN5O3S/c1-15(2)34-23-16(3)11-20(12-17(23)4)30-25-27-14-22(26)24(31-25)29-19-7-5-18(6-8-19)13-28-35(32,33)21-9-10-21/h5-8,11-12,14-15,21,28H,9-10,13H2,1-4H3,(H2,27,29,30,31). The van der Waals surface area contributed by atoms with Crippen LogP contribution in [0.2, 0.25) is 5.02 Å². The number of hydrogen-bond acceptors (Lipinski definition) is 7. The monoisotopic (exact) mass is 515 g/mol. The van der Waals surface area contributed by atoms with Crippen molar-refractivity contribution in [2.45, 2.75) is 58.4 Å². The molecule has 1 aliphatic carbocycles. The SMILES string of the molecule is Cc1cc(Nc2ncc(Cl)c(Nc3ccc(CNS(=O)(=O)C4CC4)cc3)n2)cc(C)c1OC(C)C. The Balaban J connectivity index is 1.43.